The van der Waals surface area contributed by atoms with E-state index in [4.69, 9.17) is 18.9 Å². The molecule has 6 fully saturated rings. The van der Waals surface area contributed by atoms with Gasteiger partial charge in [-0.25, -0.2) is 0 Å². The molecule has 306 valence electrons. The van der Waals surface area contributed by atoms with Crippen molar-refractivity contribution >= 4 is 17.9 Å². The fourth-order valence-corrected chi connectivity index (χ4v) is 13.8. The highest BCUT2D eigenvalue weighted by Crippen LogP contribution is 2.69. The van der Waals surface area contributed by atoms with Gasteiger partial charge in [-0.15, -0.1) is 0 Å². The van der Waals surface area contributed by atoms with E-state index in [0.717, 1.165) is 44.8 Å². The zero-order valence-electron chi connectivity index (χ0n) is 35.0. The quantitative estimate of drug-likeness (QED) is 0.140. The summed E-state index contributed by atoms with van der Waals surface area (Å²) in [6.07, 6.45) is 12.9. The standard InChI is InChI=1S/C24H38O4.C21H34O5/c1-7-8-11-22(4)14-19(26)23(5)16(2)9-12-24(13-10-18(25)20(23)24)17(3)21(22)28-15-27-6;1-13-6-8-21-9-7-15(23)17(21)20(13,4)16(24)10-19(3,11-22)18(14(21)2)26-12-25-5/h7-8,11,16-17,19-21,26H,1,9-10,12-15H2,2-6H3;11,13-14,16-18,24H,6-10,12H2,1-5H3/t16-,17+,19-,20?,21+,22-,23+,24?;13-,14+,16-,17?,18+,19+,20+,21?/m11/s1. The number of Topliss-reactive ketones (excluding diaryl/α,β-unsaturated/α-hetero) is 2. The number of aliphatic hydroxyl groups excluding tert-OH is 2. The van der Waals surface area contributed by atoms with E-state index in [-0.39, 0.29) is 77.4 Å². The molecule has 0 radical (unpaired) electrons. The lowest BCUT2D eigenvalue weighted by Crippen LogP contribution is -2.63. The van der Waals surface area contributed by atoms with Crippen LogP contribution in [0.4, 0.5) is 0 Å². The highest BCUT2D eigenvalue weighted by molar-refractivity contribution is 5.86. The molecule has 9 heteroatoms. The summed E-state index contributed by atoms with van der Waals surface area (Å²) in [4.78, 5) is 38.4. The summed E-state index contributed by atoms with van der Waals surface area (Å²) >= 11 is 0. The molecule has 0 amide bonds. The van der Waals surface area contributed by atoms with Crippen LogP contribution in [-0.4, -0.2) is 80.3 Å². The Morgan fingerprint density at radius 1 is 0.704 bits per heavy atom. The van der Waals surface area contributed by atoms with E-state index < -0.39 is 28.5 Å². The number of rotatable bonds is 9. The van der Waals surface area contributed by atoms with Crippen LogP contribution in [0.1, 0.15) is 120 Å². The topological polar surface area (TPSA) is 129 Å². The summed E-state index contributed by atoms with van der Waals surface area (Å²) in [6, 6.07) is 0. The number of hydrogen-bond acceptors (Lipinski definition) is 9. The van der Waals surface area contributed by atoms with Crippen LogP contribution in [0.2, 0.25) is 0 Å². The number of aldehydes is 1. The molecule has 6 aliphatic rings. The minimum atomic E-state index is -0.806. The fourth-order valence-electron chi connectivity index (χ4n) is 13.8. The molecule has 0 aromatic heterocycles. The molecule has 0 aromatic carbocycles. The number of hydrogen-bond donors (Lipinski definition) is 2. The number of ketones is 2. The van der Waals surface area contributed by atoms with Gasteiger partial charge in [0, 0.05) is 55.1 Å². The van der Waals surface area contributed by atoms with E-state index in [2.05, 4.69) is 61.1 Å². The second-order valence-corrected chi connectivity index (χ2v) is 19.6. The molecule has 6 rings (SSSR count). The van der Waals surface area contributed by atoms with Crippen molar-refractivity contribution in [3.63, 3.8) is 0 Å². The lowest BCUT2D eigenvalue weighted by Gasteiger charge is -2.62. The highest BCUT2D eigenvalue weighted by Gasteiger charge is 2.69. The van der Waals surface area contributed by atoms with Crippen molar-refractivity contribution in [3.05, 3.63) is 24.8 Å². The van der Waals surface area contributed by atoms with E-state index in [1.54, 1.807) is 20.3 Å². The van der Waals surface area contributed by atoms with Crippen LogP contribution in [-0.2, 0) is 33.3 Å². The maximum absolute atomic E-state index is 13.2. The van der Waals surface area contributed by atoms with Crippen LogP contribution >= 0.6 is 0 Å². The molecule has 0 aliphatic heterocycles. The first kappa shape index (κ1) is 43.4. The van der Waals surface area contributed by atoms with Crippen LogP contribution in [0, 0.1) is 68.0 Å². The van der Waals surface area contributed by atoms with Gasteiger partial charge in [-0.05, 0) is 85.9 Å². The average Bonchev–Trinajstić information content (AvgIpc) is 3.68. The van der Waals surface area contributed by atoms with Gasteiger partial charge in [0.25, 0.3) is 0 Å². The Kier molecular flexibility index (Phi) is 12.8. The van der Waals surface area contributed by atoms with Crippen molar-refractivity contribution in [1.29, 1.82) is 0 Å². The highest BCUT2D eigenvalue weighted by atomic mass is 16.7. The SMILES string of the molecule is C=CC=C[C@]1(C)C[C@@H](O)[C@@]2(C)C3C(=O)CCC3(CC[C@H]2C)[C@@H](C)[C@@H]1OCOC.COCO[C@H]1[C@H](C)C23CCC(=O)C2[C@@](C)([C@H](C)CC3)[C@H](O)C[C@@]1(C)C=O. The number of methoxy groups -OCH3 is 2. The van der Waals surface area contributed by atoms with Gasteiger partial charge in [-0.1, -0.05) is 80.2 Å². The Hall–Kier alpha value is -1.75. The third-order valence-electron chi connectivity index (χ3n) is 17.3. The van der Waals surface area contributed by atoms with Gasteiger partial charge in [0.1, 0.15) is 31.4 Å². The number of allylic oxidation sites excluding steroid dienone is 2. The maximum Gasteiger partial charge on any atom is 0.146 e. The van der Waals surface area contributed by atoms with E-state index in [9.17, 15) is 24.6 Å². The minimum Gasteiger partial charge on any atom is -0.392 e. The first-order chi connectivity index (χ1) is 25.3. The van der Waals surface area contributed by atoms with Crippen LogP contribution in [0.25, 0.3) is 0 Å². The third-order valence-corrected chi connectivity index (χ3v) is 17.3. The van der Waals surface area contributed by atoms with E-state index in [0.29, 0.717) is 37.4 Å². The largest absolute Gasteiger partial charge is 0.392 e. The second kappa shape index (κ2) is 15.9. The molecule has 0 spiro atoms. The zero-order valence-corrected chi connectivity index (χ0v) is 35.0. The van der Waals surface area contributed by atoms with Gasteiger partial charge in [-0.2, -0.15) is 0 Å². The normalized spacial score (nSPS) is 50.1. The molecule has 54 heavy (non-hydrogen) atoms. The summed E-state index contributed by atoms with van der Waals surface area (Å²) in [5.41, 5.74) is -2.37. The van der Waals surface area contributed by atoms with Crippen molar-refractivity contribution < 1.29 is 43.5 Å². The molecule has 2 N–H and O–H groups in total. The average molecular weight is 757 g/mol. The molecule has 16 atom stereocenters. The Morgan fingerprint density at radius 2 is 1.11 bits per heavy atom. The number of carbonyl (C=O) groups excluding carboxylic acids is 3. The number of aliphatic hydroxyl groups is 2. The van der Waals surface area contributed by atoms with E-state index >= 15 is 0 Å². The van der Waals surface area contributed by atoms with Crippen molar-refractivity contribution in [3.8, 4) is 0 Å². The lowest BCUT2D eigenvalue weighted by molar-refractivity contribution is -0.217. The molecule has 0 heterocycles. The van der Waals surface area contributed by atoms with Gasteiger partial charge in [-0.3, -0.25) is 9.59 Å². The number of carbonyl (C=O) groups is 3. The smallest absolute Gasteiger partial charge is 0.146 e. The predicted octanol–water partition coefficient (Wildman–Crippen LogP) is 7.51. The lowest BCUT2D eigenvalue weighted by atomic mass is 9.44. The maximum atomic E-state index is 13.2. The molecule has 9 nitrogen and oxygen atoms in total. The summed E-state index contributed by atoms with van der Waals surface area (Å²) in [7, 11) is 3.21. The van der Waals surface area contributed by atoms with E-state index in [1.807, 2.05) is 13.0 Å². The first-order valence-electron chi connectivity index (χ1n) is 20.7. The van der Waals surface area contributed by atoms with Crippen LogP contribution in [0.15, 0.2) is 24.8 Å². The van der Waals surface area contributed by atoms with Gasteiger partial charge in [0.05, 0.1) is 29.8 Å². The summed E-state index contributed by atoms with van der Waals surface area (Å²) < 4.78 is 22.7. The zero-order chi connectivity index (χ0) is 40.1. The Bertz CT molecular complexity index is 1430. The monoisotopic (exact) mass is 757 g/mol. The van der Waals surface area contributed by atoms with Crippen molar-refractivity contribution in [2.75, 3.05) is 27.8 Å². The molecule has 6 aliphatic carbocycles. The van der Waals surface area contributed by atoms with Gasteiger partial charge in [0.2, 0.25) is 0 Å². The fraction of sp³-hybridized carbons (Fsp3) is 0.844. The predicted molar refractivity (Wildman–Crippen MR) is 208 cm³/mol. The third kappa shape index (κ3) is 6.57. The van der Waals surface area contributed by atoms with Gasteiger partial charge < -0.3 is 34.0 Å². The van der Waals surface area contributed by atoms with Crippen LogP contribution in [0.3, 0.4) is 0 Å². The number of ether oxygens (including phenoxy) is 4. The summed E-state index contributed by atoms with van der Waals surface area (Å²) in [6.45, 7) is 21.2. The molecule has 0 saturated heterocycles. The van der Waals surface area contributed by atoms with Gasteiger partial charge in [0.15, 0.2) is 0 Å². The summed E-state index contributed by atoms with van der Waals surface area (Å²) in [5.74, 6) is 1.18. The Labute approximate surface area is 325 Å². The second-order valence-electron chi connectivity index (χ2n) is 19.6. The van der Waals surface area contributed by atoms with Gasteiger partial charge >= 0.3 is 0 Å². The van der Waals surface area contributed by atoms with Crippen LogP contribution < -0.4 is 0 Å². The Balaban J connectivity index is 0.000000208. The minimum absolute atomic E-state index is 0.0450. The molecule has 6 saturated carbocycles. The molecular weight excluding hydrogens is 684 g/mol. The van der Waals surface area contributed by atoms with E-state index in [1.165, 1.54) is 0 Å². The van der Waals surface area contributed by atoms with Crippen LogP contribution in [0.5, 0.6) is 0 Å². The summed E-state index contributed by atoms with van der Waals surface area (Å²) in [5, 5.41) is 22.9. The molecule has 4 bridgehead atoms. The van der Waals surface area contributed by atoms with Crippen molar-refractivity contribution in [1.82, 2.24) is 0 Å². The van der Waals surface area contributed by atoms with Crippen molar-refractivity contribution in [2.45, 2.75) is 144 Å². The first-order valence-corrected chi connectivity index (χ1v) is 20.7. The Morgan fingerprint density at radius 3 is 1.50 bits per heavy atom. The molecule has 4 unspecified atom stereocenters. The molecular formula is C45H72O9. The van der Waals surface area contributed by atoms with Crippen molar-refractivity contribution in [2.24, 2.45) is 68.0 Å². The molecule has 0 aromatic rings.